The van der Waals surface area contributed by atoms with Crippen LogP contribution in [0.25, 0.3) is 0 Å². The largest absolute Gasteiger partial charge is 0.484 e. The Kier molecular flexibility index (Phi) is 7.93. The molecule has 2 aromatic rings. The van der Waals surface area contributed by atoms with Gasteiger partial charge in [-0.25, -0.2) is 9.59 Å². The molecule has 0 radical (unpaired) electrons. The van der Waals surface area contributed by atoms with E-state index in [1.807, 2.05) is 0 Å². The van der Waals surface area contributed by atoms with Crippen LogP contribution in [0.4, 0.5) is 5.00 Å². The second-order valence-electron chi connectivity index (χ2n) is 5.93. The van der Waals surface area contributed by atoms with E-state index >= 15 is 0 Å². The Hall–Kier alpha value is -3.40. The summed E-state index contributed by atoms with van der Waals surface area (Å²) in [6.45, 7) is 4.87. The number of esters is 2. The number of carbonyl (C=O) groups is 4. The van der Waals surface area contributed by atoms with Gasteiger partial charge in [0.25, 0.3) is 5.91 Å². The molecule has 0 aliphatic carbocycles. The second-order valence-corrected chi connectivity index (χ2v) is 6.95. The first-order chi connectivity index (χ1) is 14.3. The van der Waals surface area contributed by atoms with Crippen molar-refractivity contribution >= 4 is 40.1 Å². The summed E-state index contributed by atoms with van der Waals surface area (Å²) in [5.74, 6) is -2.00. The standard InChI is InChI=1S/C20H22N2O7S/c1-4-27-19(25)15-11(3)16(20(26)28-5-2)30-18(15)22-14(23)10-29-13-8-6-12(7-9-13)17(21)24/h6-9H,4-5,10H2,1-3H3,(H2,21,24)(H,22,23). The Morgan fingerprint density at radius 3 is 2.17 bits per heavy atom. The van der Waals surface area contributed by atoms with Gasteiger partial charge in [0, 0.05) is 5.56 Å². The molecule has 160 valence electrons. The number of thiophene rings is 1. The molecule has 1 aromatic carbocycles. The van der Waals surface area contributed by atoms with Crippen LogP contribution < -0.4 is 15.8 Å². The summed E-state index contributed by atoms with van der Waals surface area (Å²) >= 11 is 0.929. The average molecular weight is 434 g/mol. The van der Waals surface area contributed by atoms with Gasteiger partial charge in [0.05, 0.1) is 18.8 Å². The van der Waals surface area contributed by atoms with Crippen molar-refractivity contribution in [3.05, 3.63) is 45.8 Å². The van der Waals surface area contributed by atoms with Gasteiger partial charge in [-0.3, -0.25) is 9.59 Å². The summed E-state index contributed by atoms with van der Waals surface area (Å²) < 4.78 is 15.4. The third-order valence-corrected chi connectivity index (χ3v) is 5.04. The Labute approximate surface area is 177 Å². The van der Waals surface area contributed by atoms with Gasteiger partial charge in [0.2, 0.25) is 5.91 Å². The second kappa shape index (κ2) is 10.4. The van der Waals surface area contributed by atoms with Crippen molar-refractivity contribution in [2.45, 2.75) is 20.8 Å². The zero-order valence-electron chi connectivity index (χ0n) is 16.8. The van der Waals surface area contributed by atoms with Crippen molar-refractivity contribution in [1.82, 2.24) is 0 Å². The van der Waals surface area contributed by atoms with Gasteiger partial charge in [-0.15, -0.1) is 11.3 Å². The lowest BCUT2D eigenvalue weighted by molar-refractivity contribution is -0.118. The van der Waals surface area contributed by atoms with E-state index in [2.05, 4.69) is 5.32 Å². The first-order valence-corrected chi connectivity index (χ1v) is 9.90. The molecule has 30 heavy (non-hydrogen) atoms. The van der Waals surface area contributed by atoms with Crippen LogP contribution in [0.5, 0.6) is 5.75 Å². The number of nitrogens with one attached hydrogen (secondary N) is 1. The lowest BCUT2D eigenvalue weighted by atomic mass is 10.1. The predicted molar refractivity (Wildman–Crippen MR) is 110 cm³/mol. The number of nitrogens with two attached hydrogens (primary N) is 1. The molecule has 9 nitrogen and oxygen atoms in total. The summed E-state index contributed by atoms with van der Waals surface area (Å²) in [6, 6.07) is 5.96. The lowest BCUT2D eigenvalue weighted by Gasteiger charge is -2.08. The number of ether oxygens (including phenoxy) is 3. The molecule has 0 saturated heterocycles. The number of primary amides is 1. The SMILES string of the molecule is CCOC(=O)c1sc(NC(=O)COc2ccc(C(N)=O)cc2)c(C(=O)OCC)c1C. The Morgan fingerprint density at radius 2 is 1.60 bits per heavy atom. The zero-order valence-corrected chi connectivity index (χ0v) is 17.6. The van der Waals surface area contributed by atoms with Crippen molar-refractivity contribution in [3.63, 3.8) is 0 Å². The van der Waals surface area contributed by atoms with Crippen molar-refractivity contribution in [3.8, 4) is 5.75 Å². The van der Waals surface area contributed by atoms with Gasteiger partial charge in [0.1, 0.15) is 15.6 Å². The van der Waals surface area contributed by atoms with Crippen molar-refractivity contribution in [1.29, 1.82) is 0 Å². The number of hydrogen-bond donors (Lipinski definition) is 2. The maximum atomic E-state index is 12.3. The summed E-state index contributed by atoms with van der Waals surface area (Å²) in [7, 11) is 0. The highest BCUT2D eigenvalue weighted by molar-refractivity contribution is 7.18. The molecule has 2 amide bonds. The third-order valence-electron chi connectivity index (χ3n) is 3.85. The van der Waals surface area contributed by atoms with Crippen molar-refractivity contribution in [2.75, 3.05) is 25.1 Å². The molecule has 0 unspecified atom stereocenters. The van der Waals surface area contributed by atoms with Crippen LogP contribution in [-0.2, 0) is 14.3 Å². The van der Waals surface area contributed by atoms with E-state index in [0.717, 1.165) is 11.3 Å². The minimum atomic E-state index is -0.653. The van der Waals surface area contributed by atoms with Crippen LogP contribution in [0.15, 0.2) is 24.3 Å². The molecule has 1 heterocycles. The molecule has 0 aliphatic rings. The number of benzene rings is 1. The highest BCUT2D eigenvalue weighted by Gasteiger charge is 2.27. The van der Waals surface area contributed by atoms with Gasteiger partial charge >= 0.3 is 11.9 Å². The number of rotatable bonds is 9. The number of anilines is 1. The Balaban J connectivity index is 2.15. The van der Waals surface area contributed by atoms with Crippen molar-refractivity contribution < 1.29 is 33.4 Å². The number of amides is 2. The first kappa shape index (κ1) is 22.9. The molecule has 3 N–H and O–H groups in total. The van der Waals surface area contributed by atoms with Crippen LogP contribution in [0, 0.1) is 6.92 Å². The molecular weight excluding hydrogens is 412 g/mol. The summed E-state index contributed by atoms with van der Waals surface area (Å²) in [6.07, 6.45) is 0. The number of carbonyl (C=O) groups excluding carboxylic acids is 4. The van der Waals surface area contributed by atoms with Crippen molar-refractivity contribution in [2.24, 2.45) is 5.73 Å². The summed E-state index contributed by atoms with van der Waals surface area (Å²) in [4.78, 5) is 48.1. The molecule has 2 rings (SSSR count). The molecule has 1 aromatic heterocycles. The maximum Gasteiger partial charge on any atom is 0.348 e. The zero-order chi connectivity index (χ0) is 22.3. The molecule has 10 heteroatoms. The quantitative estimate of drug-likeness (QED) is 0.579. The van der Waals surface area contributed by atoms with Gasteiger partial charge in [-0.1, -0.05) is 0 Å². The smallest absolute Gasteiger partial charge is 0.348 e. The van der Waals surface area contributed by atoms with Crippen LogP contribution in [-0.4, -0.2) is 43.6 Å². The van der Waals surface area contributed by atoms with Crippen LogP contribution >= 0.6 is 11.3 Å². The van der Waals surface area contributed by atoms with E-state index in [0.29, 0.717) is 16.9 Å². The lowest BCUT2D eigenvalue weighted by Crippen LogP contribution is -2.21. The summed E-state index contributed by atoms with van der Waals surface area (Å²) in [5.41, 5.74) is 5.96. The minimum Gasteiger partial charge on any atom is -0.484 e. The van der Waals surface area contributed by atoms with E-state index < -0.39 is 23.8 Å². The Morgan fingerprint density at radius 1 is 1.00 bits per heavy atom. The minimum absolute atomic E-state index is 0.101. The average Bonchev–Trinajstić information content (AvgIpc) is 3.03. The van der Waals surface area contributed by atoms with Gasteiger partial charge < -0.3 is 25.3 Å². The molecule has 0 aliphatic heterocycles. The third kappa shape index (κ3) is 5.57. The Bertz CT molecular complexity index is 951. The highest BCUT2D eigenvalue weighted by atomic mass is 32.1. The molecule has 0 atom stereocenters. The van der Waals surface area contributed by atoms with Gasteiger partial charge in [-0.2, -0.15) is 0 Å². The van der Waals surface area contributed by atoms with Gasteiger partial charge in [-0.05, 0) is 50.6 Å². The normalized spacial score (nSPS) is 10.2. The fourth-order valence-corrected chi connectivity index (χ4v) is 3.57. The van der Waals surface area contributed by atoms with Crippen LogP contribution in [0.2, 0.25) is 0 Å². The van der Waals surface area contributed by atoms with Crippen LogP contribution in [0.3, 0.4) is 0 Å². The van der Waals surface area contributed by atoms with E-state index in [1.165, 1.54) is 24.3 Å². The molecule has 0 saturated carbocycles. The molecule has 0 fully saturated rings. The first-order valence-electron chi connectivity index (χ1n) is 9.08. The van der Waals surface area contributed by atoms with Gasteiger partial charge in [0.15, 0.2) is 6.61 Å². The molecular formula is C20H22N2O7S. The molecule has 0 bridgehead atoms. The monoisotopic (exact) mass is 434 g/mol. The van der Waals surface area contributed by atoms with E-state index in [4.69, 9.17) is 19.9 Å². The molecule has 0 spiro atoms. The van der Waals surface area contributed by atoms with E-state index in [1.54, 1.807) is 20.8 Å². The predicted octanol–water partition coefficient (Wildman–Crippen LogP) is 2.53. The van der Waals surface area contributed by atoms with E-state index in [9.17, 15) is 19.2 Å². The fraction of sp³-hybridized carbons (Fsp3) is 0.300. The highest BCUT2D eigenvalue weighted by Crippen LogP contribution is 2.34. The van der Waals surface area contributed by atoms with E-state index in [-0.39, 0.29) is 35.3 Å². The fourth-order valence-electron chi connectivity index (χ4n) is 2.47. The topological polar surface area (TPSA) is 134 Å². The van der Waals surface area contributed by atoms with Crippen LogP contribution in [0.1, 0.15) is 49.8 Å². The number of hydrogen-bond acceptors (Lipinski definition) is 8. The summed E-state index contributed by atoms with van der Waals surface area (Å²) in [5, 5.41) is 2.75. The maximum absolute atomic E-state index is 12.3.